The van der Waals surface area contributed by atoms with Gasteiger partial charge in [-0.05, 0) is 18.2 Å². The topological polar surface area (TPSA) is 81.0 Å². The van der Waals surface area contributed by atoms with Crippen molar-refractivity contribution in [3.8, 4) is 17.5 Å². The number of anilines is 1. The van der Waals surface area contributed by atoms with Crippen molar-refractivity contribution in [3.63, 3.8) is 0 Å². The molecule has 0 saturated carbocycles. The van der Waals surface area contributed by atoms with Gasteiger partial charge in [-0.2, -0.15) is 5.26 Å². The average molecular weight is 291 g/mol. The highest BCUT2D eigenvalue weighted by Gasteiger charge is 2.15. The molecule has 5 nitrogen and oxygen atoms in total. The number of hydrogen-bond acceptors (Lipinski definition) is 4. The number of ether oxygens (including phenoxy) is 1. The van der Waals surface area contributed by atoms with Gasteiger partial charge in [0.2, 0.25) is 0 Å². The minimum absolute atomic E-state index is 0.124. The number of rotatable bonds is 2. The Morgan fingerprint density at radius 2 is 1.86 bits per heavy atom. The molecule has 0 amide bonds. The predicted octanol–water partition coefficient (Wildman–Crippen LogP) is 2.45. The van der Waals surface area contributed by atoms with Gasteiger partial charge in [-0.3, -0.25) is 9.36 Å². The fourth-order valence-corrected chi connectivity index (χ4v) is 2.49. The molecule has 22 heavy (non-hydrogen) atoms. The van der Waals surface area contributed by atoms with E-state index in [9.17, 15) is 10.1 Å². The molecule has 2 N–H and O–H groups in total. The lowest BCUT2D eigenvalue weighted by atomic mass is 10.1. The highest BCUT2D eigenvalue weighted by atomic mass is 16.5. The zero-order valence-corrected chi connectivity index (χ0v) is 11.9. The molecule has 0 fully saturated rings. The number of nitriles is 1. The Morgan fingerprint density at radius 3 is 2.55 bits per heavy atom. The number of nitrogens with zero attached hydrogens (tertiary/aromatic N) is 2. The summed E-state index contributed by atoms with van der Waals surface area (Å²) in [7, 11) is 1.55. The van der Waals surface area contributed by atoms with Gasteiger partial charge in [-0.25, -0.2) is 0 Å². The van der Waals surface area contributed by atoms with Crippen LogP contribution in [0.1, 0.15) is 5.56 Å². The van der Waals surface area contributed by atoms with Crippen LogP contribution in [0.4, 0.5) is 5.82 Å². The maximum absolute atomic E-state index is 12.8. The van der Waals surface area contributed by atoms with Gasteiger partial charge in [0.15, 0.2) is 0 Å². The van der Waals surface area contributed by atoms with E-state index >= 15 is 0 Å². The highest BCUT2D eigenvalue weighted by molar-refractivity contribution is 5.91. The van der Waals surface area contributed by atoms with E-state index < -0.39 is 0 Å². The first kappa shape index (κ1) is 13.7. The Hall–Kier alpha value is -3.26. The molecule has 0 unspecified atom stereocenters. The summed E-state index contributed by atoms with van der Waals surface area (Å²) in [6.45, 7) is 0. The molecule has 0 bridgehead atoms. The second-order valence-corrected chi connectivity index (χ2v) is 4.76. The molecule has 0 aliphatic carbocycles. The summed E-state index contributed by atoms with van der Waals surface area (Å²) in [5.74, 6) is 0.731. The first-order chi connectivity index (χ1) is 10.7. The van der Waals surface area contributed by atoms with Crippen LogP contribution in [-0.2, 0) is 0 Å². The number of pyridine rings is 1. The number of hydrogen-bond donors (Lipinski definition) is 1. The molecule has 3 rings (SSSR count). The number of nitrogens with two attached hydrogens (primary N) is 1. The predicted molar refractivity (Wildman–Crippen MR) is 85.2 cm³/mol. The van der Waals surface area contributed by atoms with Crippen LogP contribution in [0.15, 0.2) is 53.3 Å². The van der Waals surface area contributed by atoms with Gasteiger partial charge in [0, 0.05) is 16.8 Å². The maximum Gasteiger partial charge on any atom is 0.264 e. The molecule has 0 saturated heterocycles. The van der Waals surface area contributed by atoms with Crippen molar-refractivity contribution in [3.05, 3.63) is 64.4 Å². The summed E-state index contributed by atoms with van der Waals surface area (Å²) in [5.41, 5.74) is 6.67. The Bertz CT molecular complexity index is 968. The smallest absolute Gasteiger partial charge is 0.264 e. The first-order valence-corrected chi connectivity index (χ1v) is 6.65. The lowest BCUT2D eigenvalue weighted by Crippen LogP contribution is -2.23. The second kappa shape index (κ2) is 5.26. The Labute approximate surface area is 126 Å². The van der Waals surface area contributed by atoms with Crippen LogP contribution in [0, 0.1) is 11.3 Å². The van der Waals surface area contributed by atoms with Crippen LogP contribution < -0.4 is 16.0 Å². The molecule has 1 heterocycles. The van der Waals surface area contributed by atoms with Gasteiger partial charge in [0.05, 0.1) is 12.8 Å². The number of fused-ring (bicyclic) bond motifs is 1. The summed E-state index contributed by atoms with van der Waals surface area (Å²) in [5, 5.41) is 10.4. The van der Waals surface area contributed by atoms with Crippen LogP contribution in [0.3, 0.4) is 0 Å². The number of methoxy groups -OCH3 is 1. The fourth-order valence-electron chi connectivity index (χ4n) is 2.49. The van der Waals surface area contributed by atoms with Crippen LogP contribution in [0.25, 0.3) is 16.5 Å². The second-order valence-electron chi connectivity index (χ2n) is 4.76. The van der Waals surface area contributed by atoms with Crippen molar-refractivity contribution < 1.29 is 4.74 Å². The van der Waals surface area contributed by atoms with E-state index in [0.717, 1.165) is 0 Å². The molecule has 0 atom stereocenters. The summed E-state index contributed by atoms with van der Waals surface area (Å²) in [6.07, 6.45) is 0. The normalized spacial score (nSPS) is 10.4. The number of benzene rings is 2. The largest absolute Gasteiger partial charge is 0.497 e. The van der Waals surface area contributed by atoms with Gasteiger partial charge in [-0.1, -0.05) is 24.3 Å². The van der Waals surface area contributed by atoms with E-state index in [-0.39, 0.29) is 16.9 Å². The van der Waals surface area contributed by atoms with Crippen molar-refractivity contribution >= 4 is 16.6 Å². The van der Waals surface area contributed by atoms with E-state index in [1.54, 1.807) is 55.6 Å². The zero-order chi connectivity index (χ0) is 15.7. The van der Waals surface area contributed by atoms with Crippen LogP contribution in [0.2, 0.25) is 0 Å². The zero-order valence-electron chi connectivity index (χ0n) is 11.9. The standard InChI is InChI=1S/C17H13N3O2/c1-22-12-6-4-5-11(9-12)20-16(19)15(10-18)13-7-2-3-8-14(13)17(20)21/h2-9H,19H2,1H3. The van der Waals surface area contributed by atoms with Gasteiger partial charge >= 0.3 is 0 Å². The summed E-state index contributed by atoms with van der Waals surface area (Å²) < 4.78 is 6.52. The summed E-state index contributed by atoms with van der Waals surface area (Å²) >= 11 is 0. The molecule has 2 aromatic carbocycles. The molecule has 3 aromatic rings. The molecular weight excluding hydrogens is 278 g/mol. The van der Waals surface area contributed by atoms with E-state index in [2.05, 4.69) is 6.07 Å². The molecular formula is C17H13N3O2. The lowest BCUT2D eigenvalue weighted by molar-refractivity contribution is 0.414. The number of aromatic nitrogens is 1. The molecule has 0 radical (unpaired) electrons. The van der Waals surface area contributed by atoms with Crippen molar-refractivity contribution in [2.24, 2.45) is 0 Å². The Balaban J connectivity index is 2.44. The van der Waals surface area contributed by atoms with Crippen LogP contribution in [-0.4, -0.2) is 11.7 Å². The minimum Gasteiger partial charge on any atom is -0.497 e. The van der Waals surface area contributed by atoms with Crippen molar-refractivity contribution in [1.29, 1.82) is 5.26 Å². The quantitative estimate of drug-likeness (QED) is 0.786. The SMILES string of the molecule is COc1cccc(-n2c(N)c(C#N)c3ccccc3c2=O)c1. The van der Waals surface area contributed by atoms with Gasteiger partial charge in [0.25, 0.3) is 5.56 Å². The van der Waals surface area contributed by atoms with E-state index in [1.807, 2.05) is 0 Å². The number of nitrogen functional groups attached to an aromatic ring is 1. The maximum atomic E-state index is 12.8. The molecule has 0 spiro atoms. The molecule has 5 heteroatoms. The minimum atomic E-state index is -0.264. The van der Waals surface area contributed by atoms with Crippen molar-refractivity contribution in [1.82, 2.24) is 4.57 Å². The average Bonchev–Trinajstić information content (AvgIpc) is 2.56. The third kappa shape index (κ3) is 1.98. The summed E-state index contributed by atoms with van der Waals surface area (Å²) in [6, 6.07) is 16.0. The molecule has 0 aliphatic rings. The molecule has 0 aliphatic heterocycles. The lowest BCUT2D eigenvalue weighted by Gasteiger charge is -2.14. The highest BCUT2D eigenvalue weighted by Crippen LogP contribution is 2.24. The Kier molecular flexibility index (Phi) is 3.28. The fraction of sp³-hybridized carbons (Fsp3) is 0.0588. The Morgan fingerprint density at radius 1 is 1.14 bits per heavy atom. The summed E-state index contributed by atoms with van der Waals surface area (Å²) in [4.78, 5) is 12.8. The molecule has 1 aromatic heterocycles. The van der Waals surface area contributed by atoms with Crippen LogP contribution in [0.5, 0.6) is 5.75 Å². The van der Waals surface area contributed by atoms with Crippen molar-refractivity contribution in [2.45, 2.75) is 0 Å². The monoisotopic (exact) mass is 291 g/mol. The van der Waals surface area contributed by atoms with E-state index in [1.165, 1.54) is 4.57 Å². The first-order valence-electron chi connectivity index (χ1n) is 6.65. The van der Waals surface area contributed by atoms with Gasteiger partial charge in [-0.15, -0.1) is 0 Å². The van der Waals surface area contributed by atoms with E-state index in [4.69, 9.17) is 10.5 Å². The van der Waals surface area contributed by atoms with Crippen LogP contribution >= 0.6 is 0 Å². The third-order valence-corrected chi connectivity index (χ3v) is 3.55. The molecule has 108 valence electrons. The third-order valence-electron chi connectivity index (χ3n) is 3.55. The van der Waals surface area contributed by atoms with E-state index in [0.29, 0.717) is 22.2 Å². The van der Waals surface area contributed by atoms with Gasteiger partial charge < -0.3 is 10.5 Å². The van der Waals surface area contributed by atoms with Crippen molar-refractivity contribution in [2.75, 3.05) is 12.8 Å². The van der Waals surface area contributed by atoms with Gasteiger partial charge in [0.1, 0.15) is 23.2 Å².